The van der Waals surface area contributed by atoms with Gasteiger partial charge in [-0.2, -0.15) is 0 Å². The van der Waals surface area contributed by atoms with Crippen molar-refractivity contribution >= 4 is 23.9 Å². The summed E-state index contributed by atoms with van der Waals surface area (Å²) in [7, 11) is 1.18. The van der Waals surface area contributed by atoms with Gasteiger partial charge in [-0.1, -0.05) is 26.5 Å². The van der Waals surface area contributed by atoms with Crippen LogP contribution in [0.1, 0.15) is 40.0 Å². The molecule has 32 heavy (non-hydrogen) atoms. The Kier molecular flexibility index (Phi) is 8.77. The molecule has 2 rings (SSSR count). The highest BCUT2D eigenvalue weighted by molar-refractivity contribution is 5.93. The highest BCUT2D eigenvalue weighted by atomic mass is 16.6. The Morgan fingerprint density at radius 3 is 2.56 bits per heavy atom. The van der Waals surface area contributed by atoms with Gasteiger partial charge in [0.25, 0.3) is 0 Å². The van der Waals surface area contributed by atoms with E-state index in [0.29, 0.717) is 24.8 Å². The second-order valence-electron chi connectivity index (χ2n) is 7.83. The van der Waals surface area contributed by atoms with E-state index in [9.17, 15) is 24.3 Å². The highest BCUT2D eigenvalue weighted by Crippen LogP contribution is 2.38. The van der Waals surface area contributed by atoms with Crippen LogP contribution >= 0.6 is 0 Å². The monoisotopic (exact) mass is 450 g/mol. The Morgan fingerprint density at radius 2 is 2.00 bits per heavy atom. The summed E-state index contributed by atoms with van der Waals surface area (Å²) in [6.07, 6.45) is 0.692. The maximum Gasteiger partial charge on any atom is 0.337 e. The lowest BCUT2D eigenvalue weighted by Gasteiger charge is -2.33. The van der Waals surface area contributed by atoms with Crippen LogP contribution in [0.25, 0.3) is 0 Å². The van der Waals surface area contributed by atoms with E-state index in [1.54, 1.807) is 13.0 Å². The van der Waals surface area contributed by atoms with Crippen LogP contribution in [0.2, 0.25) is 0 Å². The number of esters is 4. The summed E-state index contributed by atoms with van der Waals surface area (Å²) in [4.78, 5) is 49.8. The van der Waals surface area contributed by atoms with E-state index in [2.05, 4.69) is 6.58 Å². The van der Waals surface area contributed by atoms with Crippen molar-refractivity contribution < 1.29 is 43.2 Å². The number of hydrogen-bond donors (Lipinski definition) is 1. The summed E-state index contributed by atoms with van der Waals surface area (Å²) in [5.74, 6) is -4.22. The van der Waals surface area contributed by atoms with Crippen molar-refractivity contribution in [2.24, 2.45) is 11.8 Å². The molecule has 0 aromatic carbocycles. The summed E-state index contributed by atoms with van der Waals surface area (Å²) in [5.41, 5.74) is 0.546. The largest absolute Gasteiger partial charge is 0.466 e. The van der Waals surface area contributed by atoms with Gasteiger partial charge >= 0.3 is 23.9 Å². The molecule has 9 heteroatoms. The van der Waals surface area contributed by atoms with Crippen molar-refractivity contribution in [2.45, 2.75) is 58.3 Å². The molecule has 1 fully saturated rings. The minimum absolute atomic E-state index is 0.00386. The van der Waals surface area contributed by atoms with Crippen molar-refractivity contribution in [1.29, 1.82) is 0 Å². The molecule has 1 aliphatic carbocycles. The molecule has 0 amide bonds. The lowest BCUT2D eigenvalue weighted by Crippen LogP contribution is -2.46. The first-order valence-corrected chi connectivity index (χ1v) is 10.5. The maximum absolute atomic E-state index is 12.7. The fourth-order valence-corrected chi connectivity index (χ4v) is 3.65. The van der Waals surface area contributed by atoms with E-state index < -0.39 is 54.0 Å². The smallest absolute Gasteiger partial charge is 0.337 e. The fourth-order valence-electron chi connectivity index (χ4n) is 3.65. The Morgan fingerprint density at radius 1 is 1.31 bits per heavy atom. The molecule has 0 aromatic rings. The van der Waals surface area contributed by atoms with Crippen molar-refractivity contribution in [3.05, 3.63) is 35.5 Å². The average Bonchev–Trinajstić information content (AvgIpc) is 3.04. The van der Waals surface area contributed by atoms with Crippen LogP contribution in [-0.4, -0.2) is 61.0 Å². The minimum atomic E-state index is -1.35. The van der Waals surface area contributed by atoms with Crippen LogP contribution in [-0.2, 0) is 38.1 Å². The van der Waals surface area contributed by atoms with Crippen LogP contribution in [0, 0.1) is 11.8 Å². The SMILES string of the molecule is C=C1C(=O)OC2C=C(CO)CCC=C(C(=O)OC)C(OC(=O)C(C)CC)C(OC(C)=O)C12. The Hall–Kier alpha value is -2.94. The number of rotatable bonds is 6. The Bertz CT molecular complexity index is 838. The molecule has 5 unspecified atom stereocenters. The maximum atomic E-state index is 12.7. The Labute approximate surface area is 187 Å². The quantitative estimate of drug-likeness (QED) is 0.279. The summed E-state index contributed by atoms with van der Waals surface area (Å²) >= 11 is 0. The molecule has 9 nitrogen and oxygen atoms in total. The van der Waals surface area contributed by atoms with E-state index in [1.165, 1.54) is 20.1 Å². The third-order valence-electron chi connectivity index (χ3n) is 5.63. The van der Waals surface area contributed by atoms with Gasteiger partial charge in [-0.15, -0.1) is 0 Å². The van der Waals surface area contributed by atoms with Crippen LogP contribution in [0.15, 0.2) is 35.5 Å². The van der Waals surface area contributed by atoms with Crippen LogP contribution in [0.3, 0.4) is 0 Å². The normalized spacial score (nSPS) is 26.7. The van der Waals surface area contributed by atoms with Crippen molar-refractivity contribution in [1.82, 2.24) is 0 Å². The highest BCUT2D eigenvalue weighted by Gasteiger charge is 2.50. The lowest BCUT2D eigenvalue weighted by atomic mass is 9.83. The number of methoxy groups -OCH3 is 1. The Balaban J connectivity index is 2.69. The predicted molar refractivity (Wildman–Crippen MR) is 112 cm³/mol. The topological polar surface area (TPSA) is 125 Å². The molecule has 0 saturated carbocycles. The number of carbonyl (C=O) groups excluding carboxylic acids is 4. The van der Waals surface area contributed by atoms with E-state index in [4.69, 9.17) is 18.9 Å². The molecule has 5 atom stereocenters. The average molecular weight is 450 g/mol. The van der Waals surface area contributed by atoms with Gasteiger partial charge < -0.3 is 24.1 Å². The molecule has 0 spiro atoms. The van der Waals surface area contributed by atoms with Gasteiger partial charge in [0.1, 0.15) is 6.10 Å². The molecule has 1 N–H and O–H groups in total. The van der Waals surface area contributed by atoms with E-state index in [1.807, 2.05) is 6.92 Å². The second kappa shape index (κ2) is 11.1. The molecule has 1 saturated heterocycles. The number of aliphatic hydroxyl groups excluding tert-OH is 1. The van der Waals surface area contributed by atoms with Crippen LogP contribution in [0.5, 0.6) is 0 Å². The molecule has 0 aromatic heterocycles. The number of aliphatic hydroxyl groups is 1. The lowest BCUT2D eigenvalue weighted by molar-refractivity contribution is -0.172. The van der Waals surface area contributed by atoms with Gasteiger partial charge in [0.2, 0.25) is 0 Å². The van der Waals surface area contributed by atoms with Crippen LogP contribution in [0.4, 0.5) is 0 Å². The summed E-state index contributed by atoms with van der Waals surface area (Å²) in [6, 6.07) is 0. The van der Waals surface area contributed by atoms with Crippen molar-refractivity contribution in [3.63, 3.8) is 0 Å². The number of ether oxygens (including phenoxy) is 4. The fraction of sp³-hybridized carbons (Fsp3) is 0.565. The molecule has 2 aliphatic rings. The van der Waals surface area contributed by atoms with Crippen molar-refractivity contribution in [2.75, 3.05) is 13.7 Å². The first-order chi connectivity index (χ1) is 15.1. The zero-order chi connectivity index (χ0) is 24.0. The summed E-state index contributed by atoms with van der Waals surface area (Å²) in [6.45, 7) is 8.13. The van der Waals surface area contributed by atoms with Gasteiger partial charge in [-0.3, -0.25) is 9.59 Å². The number of hydrogen-bond acceptors (Lipinski definition) is 9. The third kappa shape index (κ3) is 5.64. The van der Waals surface area contributed by atoms with E-state index >= 15 is 0 Å². The molecule has 0 bridgehead atoms. The summed E-state index contributed by atoms with van der Waals surface area (Å²) in [5, 5.41) is 9.72. The van der Waals surface area contributed by atoms with Gasteiger partial charge in [0.15, 0.2) is 12.2 Å². The second-order valence-corrected chi connectivity index (χ2v) is 7.83. The molecule has 1 aliphatic heterocycles. The summed E-state index contributed by atoms with van der Waals surface area (Å²) < 4.78 is 21.5. The van der Waals surface area contributed by atoms with E-state index in [0.717, 1.165) is 0 Å². The van der Waals surface area contributed by atoms with Crippen LogP contribution < -0.4 is 0 Å². The first kappa shape index (κ1) is 25.3. The number of carbonyl (C=O) groups is 4. The third-order valence-corrected chi connectivity index (χ3v) is 5.63. The standard InChI is InChI=1S/C23H30O9/c1-6-12(2)21(26)32-19-16(23(28)29-5)9-7-8-15(11-24)10-17-18(13(3)22(27)31-17)20(19)30-14(4)25/h9-10,12,17-20,24H,3,6-8,11H2,1-2,4-5H3. The van der Waals surface area contributed by atoms with E-state index in [-0.39, 0.29) is 17.8 Å². The minimum Gasteiger partial charge on any atom is -0.466 e. The molecular weight excluding hydrogens is 420 g/mol. The molecular formula is C23H30O9. The molecule has 1 heterocycles. The van der Waals surface area contributed by atoms with Gasteiger partial charge in [-0.05, 0) is 30.9 Å². The molecule has 0 radical (unpaired) electrons. The van der Waals surface area contributed by atoms with Crippen molar-refractivity contribution in [3.8, 4) is 0 Å². The number of fused-ring (bicyclic) bond motifs is 1. The van der Waals surface area contributed by atoms with Gasteiger partial charge in [-0.25, -0.2) is 9.59 Å². The predicted octanol–water partition coefficient (Wildman–Crippen LogP) is 1.79. The number of allylic oxidation sites excluding steroid dienone is 1. The first-order valence-electron chi connectivity index (χ1n) is 10.5. The zero-order valence-corrected chi connectivity index (χ0v) is 18.8. The van der Waals surface area contributed by atoms with Gasteiger partial charge in [0.05, 0.1) is 31.1 Å². The zero-order valence-electron chi connectivity index (χ0n) is 18.8. The van der Waals surface area contributed by atoms with Gasteiger partial charge in [0, 0.05) is 12.5 Å². The molecule has 176 valence electrons.